The summed E-state index contributed by atoms with van der Waals surface area (Å²) in [6.45, 7) is 0.119. The number of rotatable bonds is 8. The van der Waals surface area contributed by atoms with Gasteiger partial charge in [0.05, 0.1) is 27.0 Å². The lowest BCUT2D eigenvalue weighted by atomic mass is 10.0. The Balaban J connectivity index is 1.37. The number of nitrogens with one attached hydrogen (secondary N) is 3. The lowest BCUT2D eigenvalue weighted by Gasteiger charge is -2.20. The number of hydrogen-bond donors (Lipinski definition) is 5. The molecule has 5 rings (SSSR count). The van der Waals surface area contributed by atoms with E-state index < -0.39 is 12.2 Å². The van der Waals surface area contributed by atoms with Crippen molar-refractivity contribution in [2.24, 2.45) is 0 Å². The van der Waals surface area contributed by atoms with E-state index in [4.69, 9.17) is 0 Å². The molecule has 166 valence electrons. The molecule has 1 unspecified atom stereocenters. The molecule has 0 amide bonds. The van der Waals surface area contributed by atoms with Crippen LogP contribution in [-0.4, -0.2) is 48.0 Å². The zero-order chi connectivity index (χ0) is 22.6. The first-order valence-electron chi connectivity index (χ1n) is 10.3. The van der Waals surface area contributed by atoms with Gasteiger partial charge in [-0.3, -0.25) is 5.10 Å². The van der Waals surface area contributed by atoms with E-state index in [2.05, 4.69) is 35.8 Å². The molecule has 0 aliphatic rings. The Morgan fingerprint density at radius 1 is 1.00 bits per heavy atom. The van der Waals surface area contributed by atoms with E-state index in [9.17, 15) is 10.2 Å². The summed E-state index contributed by atoms with van der Waals surface area (Å²) in [5, 5.41) is 34.3. The monoisotopic (exact) mass is 459 g/mol. The Morgan fingerprint density at radius 3 is 2.70 bits per heavy atom. The van der Waals surface area contributed by atoms with Crippen LogP contribution in [0.4, 0.5) is 17.2 Å². The van der Waals surface area contributed by atoms with Crippen LogP contribution in [-0.2, 0) is 0 Å². The van der Waals surface area contributed by atoms with Gasteiger partial charge in [-0.2, -0.15) is 5.10 Å². The molecule has 0 saturated carbocycles. The SMILES string of the molecule is OC(c1ccccc1)[C@@H](O)CNc1cc(Nc2ccc3ncsc3c2)ncc1-c1ncn[nH]1. The van der Waals surface area contributed by atoms with E-state index in [-0.39, 0.29) is 6.54 Å². The van der Waals surface area contributed by atoms with Crippen molar-refractivity contribution in [3.05, 3.63) is 78.2 Å². The number of thiazole rings is 1. The summed E-state index contributed by atoms with van der Waals surface area (Å²) in [7, 11) is 0. The number of hydrogen-bond acceptors (Lipinski definition) is 9. The van der Waals surface area contributed by atoms with Crippen molar-refractivity contribution < 1.29 is 10.2 Å². The third-order valence-corrected chi connectivity index (χ3v) is 5.98. The molecule has 10 heteroatoms. The van der Waals surface area contributed by atoms with Gasteiger partial charge in [-0.25, -0.2) is 15.0 Å². The van der Waals surface area contributed by atoms with E-state index in [1.165, 1.54) is 6.33 Å². The molecule has 33 heavy (non-hydrogen) atoms. The smallest absolute Gasteiger partial charge is 0.159 e. The summed E-state index contributed by atoms with van der Waals surface area (Å²) < 4.78 is 1.08. The molecule has 0 aliphatic heterocycles. The lowest BCUT2D eigenvalue weighted by molar-refractivity contribution is 0.0269. The van der Waals surface area contributed by atoms with Gasteiger partial charge in [-0.05, 0) is 23.8 Å². The highest BCUT2D eigenvalue weighted by atomic mass is 32.1. The zero-order valence-electron chi connectivity index (χ0n) is 17.4. The molecule has 5 N–H and O–H groups in total. The van der Waals surface area contributed by atoms with Crippen LogP contribution in [0.25, 0.3) is 21.6 Å². The molecule has 2 atom stereocenters. The third kappa shape index (κ3) is 4.67. The van der Waals surface area contributed by atoms with Crippen molar-refractivity contribution in [1.82, 2.24) is 25.1 Å². The summed E-state index contributed by atoms with van der Waals surface area (Å²) in [5.41, 5.74) is 5.68. The summed E-state index contributed by atoms with van der Waals surface area (Å²) in [4.78, 5) is 13.0. The van der Waals surface area contributed by atoms with E-state index in [1.54, 1.807) is 29.7 Å². The quantitative estimate of drug-likeness (QED) is 0.237. The first-order chi connectivity index (χ1) is 16.2. The molecule has 0 aliphatic carbocycles. The van der Waals surface area contributed by atoms with Crippen molar-refractivity contribution in [2.75, 3.05) is 17.2 Å². The van der Waals surface area contributed by atoms with E-state index >= 15 is 0 Å². The predicted molar refractivity (Wildman–Crippen MR) is 128 cm³/mol. The van der Waals surface area contributed by atoms with Gasteiger partial charge in [0.15, 0.2) is 5.82 Å². The van der Waals surface area contributed by atoms with E-state index in [0.29, 0.717) is 28.5 Å². The van der Waals surface area contributed by atoms with Crippen molar-refractivity contribution in [1.29, 1.82) is 0 Å². The standard InChI is InChI=1S/C23H21N7O2S/c31-19(22(32)14-4-2-1-3-5-14)11-24-18-9-21(25-10-16(18)23-26-12-28-30-23)29-15-6-7-17-20(8-15)33-13-27-17/h1-10,12-13,19,22,31-32H,11H2,(H2,24,25,29)(H,26,28,30)/t19-,22?/m0/s1. The average molecular weight is 460 g/mol. The van der Waals surface area contributed by atoms with Crippen LogP contribution in [0.5, 0.6) is 0 Å². The number of pyridine rings is 1. The molecule has 0 spiro atoms. The fourth-order valence-corrected chi connectivity index (χ4v) is 4.19. The van der Waals surface area contributed by atoms with Crippen LogP contribution >= 0.6 is 11.3 Å². The van der Waals surface area contributed by atoms with Gasteiger partial charge in [0.25, 0.3) is 0 Å². The molecule has 9 nitrogen and oxygen atoms in total. The molecular weight excluding hydrogens is 438 g/mol. The van der Waals surface area contributed by atoms with Crippen LogP contribution in [0.3, 0.4) is 0 Å². The topological polar surface area (TPSA) is 132 Å². The van der Waals surface area contributed by atoms with Crippen LogP contribution in [0.15, 0.2) is 72.6 Å². The molecule has 0 saturated heterocycles. The number of benzene rings is 2. The van der Waals surface area contributed by atoms with Crippen LogP contribution in [0, 0.1) is 0 Å². The number of nitrogens with zero attached hydrogens (tertiary/aromatic N) is 4. The average Bonchev–Trinajstić information content (AvgIpc) is 3.55. The van der Waals surface area contributed by atoms with Gasteiger partial charge in [-0.1, -0.05) is 30.3 Å². The largest absolute Gasteiger partial charge is 0.388 e. The maximum absolute atomic E-state index is 10.6. The second-order valence-corrected chi connectivity index (χ2v) is 8.30. The van der Waals surface area contributed by atoms with Crippen LogP contribution in [0.1, 0.15) is 11.7 Å². The molecular formula is C23H21N7O2S. The first-order valence-corrected chi connectivity index (χ1v) is 11.2. The van der Waals surface area contributed by atoms with Gasteiger partial charge in [0, 0.05) is 24.5 Å². The molecule has 0 bridgehead atoms. The van der Waals surface area contributed by atoms with Gasteiger partial charge >= 0.3 is 0 Å². The lowest BCUT2D eigenvalue weighted by Crippen LogP contribution is -2.27. The summed E-state index contributed by atoms with van der Waals surface area (Å²) >= 11 is 1.57. The highest BCUT2D eigenvalue weighted by Crippen LogP contribution is 2.29. The van der Waals surface area contributed by atoms with E-state index in [0.717, 1.165) is 15.9 Å². The highest BCUT2D eigenvalue weighted by molar-refractivity contribution is 7.16. The number of fused-ring (bicyclic) bond motifs is 1. The summed E-state index contributed by atoms with van der Waals surface area (Å²) in [6, 6.07) is 16.8. The van der Waals surface area contributed by atoms with Gasteiger partial charge in [-0.15, -0.1) is 11.3 Å². The number of aromatic nitrogens is 5. The normalized spacial score (nSPS) is 13.0. The minimum atomic E-state index is -1.02. The minimum absolute atomic E-state index is 0.119. The van der Waals surface area contributed by atoms with Crippen molar-refractivity contribution >= 4 is 38.7 Å². The second kappa shape index (κ2) is 9.33. The number of aromatic amines is 1. The molecule has 2 aromatic carbocycles. The molecule has 0 radical (unpaired) electrons. The Morgan fingerprint density at radius 2 is 1.88 bits per heavy atom. The van der Waals surface area contributed by atoms with Crippen molar-refractivity contribution in [3.8, 4) is 11.4 Å². The van der Waals surface area contributed by atoms with Gasteiger partial charge in [0.1, 0.15) is 24.4 Å². The Bertz CT molecular complexity index is 1340. The fourth-order valence-electron chi connectivity index (χ4n) is 3.47. The van der Waals surface area contributed by atoms with Gasteiger partial charge < -0.3 is 20.8 Å². The summed E-state index contributed by atoms with van der Waals surface area (Å²) in [5.74, 6) is 1.16. The zero-order valence-corrected chi connectivity index (χ0v) is 18.2. The predicted octanol–water partition coefficient (Wildman–Crippen LogP) is 3.73. The van der Waals surface area contributed by atoms with Crippen LogP contribution in [0.2, 0.25) is 0 Å². The second-order valence-electron chi connectivity index (χ2n) is 7.41. The number of H-pyrrole nitrogens is 1. The van der Waals surface area contributed by atoms with Gasteiger partial charge in [0.2, 0.25) is 0 Å². The minimum Gasteiger partial charge on any atom is -0.388 e. The van der Waals surface area contributed by atoms with Crippen molar-refractivity contribution in [3.63, 3.8) is 0 Å². The third-order valence-electron chi connectivity index (χ3n) is 5.18. The molecule has 0 fully saturated rings. The highest BCUT2D eigenvalue weighted by Gasteiger charge is 2.19. The molecule has 5 aromatic rings. The number of aliphatic hydroxyl groups is 2. The number of anilines is 3. The summed E-state index contributed by atoms with van der Waals surface area (Å²) in [6.07, 6.45) is 1.06. The molecule has 3 heterocycles. The number of aliphatic hydroxyl groups excluding tert-OH is 2. The van der Waals surface area contributed by atoms with Crippen molar-refractivity contribution in [2.45, 2.75) is 12.2 Å². The maximum atomic E-state index is 10.6. The Kier molecular flexibility index (Phi) is 5.94. The Hall–Kier alpha value is -3.86. The van der Waals surface area contributed by atoms with Crippen LogP contribution < -0.4 is 10.6 Å². The molecule has 3 aromatic heterocycles. The fraction of sp³-hybridized carbons (Fsp3) is 0.130. The maximum Gasteiger partial charge on any atom is 0.159 e. The first kappa shape index (κ1) is 21.0. The Labute approximate surface area is 193 Å². The van der Waals surface area contributed by atoms with E-state index in [1.807, 2.05) is 48.0 Å².